The molecule has 0 bridgehead atoms. The maximum atomic E-state index is 12.6. The fraction of sp³-hybridized carbons (Fsp3) is 0.609. The second kappa shape index (κ2) is 10.5. The third-order valence-electron chi connectivity index (χ3n) is 6.06. The molecule has 164 valence electrons. The van der Waals surface area contributed by atoms with Crippen LogP contribution in [0.2, 0.25) is 0 Å². The number of amides is 2. The Kier molecular flexibility index (Phi) is 7.71. The lowest BCUT2D eigenvalue weighted by atomic mass is 10.1. The molecule has 0 spiro atoms. The van der Waals surface area contributed by atoms with Crippen LogP contribution in [0.4, 0.5) is 0 Å². The van der Waals surface area contributed by atoms with Gasteiger partial charge in [0.15, 0.2) is 5.96 Å². The van der Waals surface area contributed by atoms with Gasteiger partial charge in [-0.3, -0.25) is 14.6 Å². The minimum Gasteiger partial charge on any atom is -0.356 e. The van der Waals surface area contributed by atoms with Crippen LogP contribution >= 0.6 is 0 Å². The predicted molar refractivity (Wildman–Crippen MR) is 120 cm³/mol. The normalized spacial score (nSPS) is 19.8. The maximum Gasteiger partial charge on any atom is 0.253 e. The van der Waals surface area contributed by atoms with Crippen LogP contribution in [-0.4, -0.2) is 74.4 Å². The third-order valence-corrected chi connectivity index (χ3v) is 6.06. The number of nitrogens with zero attached hydrogens (tertiary/aromatic N) is 3. The lowest BCUT2D eigenvalue weighted by molar-refractivity contribution is -0.134. The molecular formula is C23H35N5O2. The molecule has 1 aliphatic heterocycles. The molecule has 1 unspecified atom stereocenters. The fourth-order valence-corrected chi connectivity index (χ4v) is 4.34. The van der Waals surface area contributed by atoms with Crippen molar-refractivity contribution in [3.63, 3.8) is 0 Å². The summed E-state index contributed by atoms with van der Waals surface area (Å²) in [4.78, 5) is 32.7. The van der Waals surface area contributed by atoms with Crippen LogP contribution in [0.25, 0.3) is 0 Å². The molecule has 1 atom stereocenters. The highest BCUT2D eigenvalue weighted by Gasteiger charge is 2.32. The van der Waals surface area contributed by atoms with Crippen molar-refractivity contribution < 1.29 is 9.59 Å². The van der Waals surface area contributed by atoms with Crippen molar-refractivity contribution in [2.45, 2.75) is 44.6 Å². The summed E-state index contributed by atoms with van der Waals surface area (Å²) in [6.07, 6.45) is 6.24. The number of hydrogen-bond donors (Lipinski definition) is 2. The molecule has 1 aromatic carbocycles. The van der Waals surface area contributed by atoms with Crippen LogP contribution in [0.1, 0.15) is 48.0 Å². The van der Waals surface area contributed by atoms with E-state index in [4.69, 9.17) is 0 Å². The smallest absolute Gasteiger partial charge is 0.253 e. The van der Waals surface area contributed by atoms with Gasteiger partial charge in [0.2, 0.25) is 5.91 Å². The van der Waals surface area contributed by atoms with Gasteiger partial charge in [0, 0.05) is 58.3 Å². The van der Waals surface area contributed by atoms with E-state index in [2.05, 4.69) is 15.6 Å². The zero-order valence-electron chi connectivity index (χ0n) is 18.5. The van der Waals surface area contributed by atoms with Gasteiger partial charge in [-0.2, -0.15) is 0 Å². The van der Waals surface area contributed by atoms with E-state index in [1.54, 1.807) is 26.0 Å². The molecule has 1 saturated heterocycles. The third kappa shape index (κ3) is 5.74. The van der Waals surface area contributed by atoms with E-state index in [1.165, 1.54) is 12.8 Å². The Morgan fingerprint density at radius 1 is 1.20 bits per heavy atom. The Balaban J connectivity index is 1.44. The summed E-state index contributed by atoms with van der Waals surface area (Å²) >= 11 is 0. The molecule has 2 N–H and O–H groups in total. The minimum atomic E-state index is 0.0141. The van der Waals surface area contributed by atoms with Gasteiger partial charge in [0.1, 0.15) is 0 Å². The van der Waals surface area contributed by atoms with Crippen molar-refractivity contribution in [3.05, 3.63) is 35.4 Å². The van der Waals surface area contributed by atoms with Crippen LogP contribution in [-0.2, 0) is 11.2 Å². The first kappa shape index (κ1) is 22.1. The maximum absolute atomic E-state index is 12.6. The Labute approximate surface area is 179 Å². The van der Waals surface area contributed by atoms with Crippen molar-refractivity contribution in [1.29, 1.82) is 0 Å². The molecule has 1 heterocycles. The van der Waals surface area contributed by atoms with Crippen molar-refractivity contribution in [2.24, 2.45) is 10.9 Å². The van der Waals surface area contributed by atoms with Crippen molar-refractivity contribution in [1.82, 2.24) is 20.4 Å². The Hall–Kier alpha value is -2.57. The molecule has 0 aromatic heterocycles. The summed E-state index contributed by atoms with van der Waals surface area (Å²) in [6.45, 7) is 2.30. The number of hydrogen-bond acceptors (Lipinski definition) is 3. The highest BCUT2D eigenvalue weighted by molar-refractivity contribution is 5.94. The van der Waals surface area contributed by atoms with Crippen LogP contribution in [0.3, 0.4) is 0 Å². The van der Waals surface area contributed by atoms with Crippen LogP contribution in [0.15, 0.2) is 29.3 Å². The van der Waals surface area contributed by atoms with Gasteiger partial charge < -0.3 is 20.4 Å². The average molecular weight is 414 g/mol. The molecule has 2 aliphatic rings. The Morgan fingerprint density at radius 2 is 1.97 bits per heavy atom. The van der Waals surface area contributed by atoms with Gasteiger partial charge in [-0.1, -0.05) is 25.0 Å². The monoisotopic (exact) mass is 413 g/mol. The largest absolute Gasteiger partial charge is 0.356 e. The molecule has 30 heavy (non-hydrogen) atoms. The summed E-state index contributed by atoms with van der Waals surface area (Å²) in [5.74, 6) is 1.36. The molecule has 7 heteroatoms. The first-order valence-electron chi connectivity index (χ1n) is 11.0. The molecular weight excluding hydrogens is 378 g/mol. The summed E-state index contributed by atoms with van der Waals surface area (Å²) in [5, 5.41) is 6.81. The first-order chi connectivity index (χ1) is 14.5. The molecule has 2 amide bonds. The van der Waals surface area contributed by atoms with E-state index >= 15 is 0 Å². The zero-order valence-corrected chi connectivity index (χ0v) is 18.5. The van der Waals surface area contributed by atoms with Crippen molar-refractivity contribution in [2.75, 3.05) is 40.8 Å². The van der Waals surface area contributed by atoms with E-state index in [-0.39, 0.29) is 17.9 Å². The van der Waals surface area contributed by atoms with E-state index in [0.717, 1.165) is 56.8 Å². The van der Waals surface area contributed by atoms with Crippen LogP contribution in [0.5, 0.6) is 0 Å². The summed E-state index contributed by atoms with van der Waals surface area (Å²) < 4.78 is 0. The zero-order chi connectivity index (χ0) is 21.5. The number of carbonyl (C=O) groups is 2. The average Bonchev–Trinajstić information content (AvgIpc) is 3.44. The topological polar surface area (TPSA) is 77.0 Å². The molecule has 3 rings (SSSR count). The van der Waals surface area contributed by atoms with Crippen LogP contribution in [0, 0.1) is 5.92 Å². The van der Waals surface area contributed by atoms with Gasteiger partial charge in [-0.25, -0.2) is 0 Å². The minimum absolute atomic E-state index is 0.0141. The number of benzene rings is 1. The number of aliphatic imine (C=N–C) groups is 1. The predicted octanol–water partition coefficient (Wildman–Crippen LogP) is 1.89. The molecule has 0 radical (unpaired) electrons. The summed E-state index contributed by atoms with van der Waals surface area (Å²) in [5.41, 5.74) is 1.82. The van der Waals surface area contributed by atoms with E-state index < -0.39 is 0 Å². The lowest BCUT2D eigenvalue weighted by Gasteiger charge is -2.21. The Bertz CT molecular complexity index is 771. The molecule has 2 fully saturated rings. The highest BCUT2D eigenvalue weighted by atomic mass is 16.2. The van der Waals surface area contributed by atoms with E-state index in [9.17, 15) is 9.59 Å². The fourth-order valence-electron chi connectivity index (χ4n) is 4.34. The standard InChI is InChI=1S/C23H35N5O2/c1-24-23(25-13-11-17-7-6-10-19(15-17)21(29)27(2)3)26-20-12-14-28(16-20)22(30)18-8-4-5-9-18/h6-7,10,15,18,20H,4-5,8-9,11-14,16H2,1-3H3,(H2,24,25,26). The van der Waals surface area contributed by atoms with E-state index in [1.807, 2.05) is 29.2 Å². The van der Waals surface area contributed by atoms with Gasteiger partial charge in [-0.15, -0.1) is 0 Å². The van der Waals surface area contributed by atoms with Crippen molar-refractivity contribution >= 4 is 17.8 Å². The van der Waals surface area contributed by atoms with Gasteiger partial charge in [0.25, 0.3) is 5.91 Å². The highest BCUT2D eigenvalue weighted by Crippen LogP contribution is 2.27. The SMILES string of the molecule is CN=C(NCCc1cccc(C(=O)N(C)C)c1)NC1CCN(C(=O)C2CCCC2)C1. The van der Waals surface area contributed by atoms with Gasteiger partial charge >= 0.3 is 0 Å². The first-order valence-corrected chi connectivity index (χ1v) is 11.0. The molecule has 7 nitrogen and oxygen atoms in total. The van der Waals surface area contributed by atoms with Crippen molar-refractivity contribution in [3.8, 4) is 0 Å². The van der Waals surface area contributed by atoms with E-state index in [0.29, 0.717) is 11.5 Å². The van der Waals surface area contributed by atoms with Gasteiger partial charge in [0.05, 0.1) is 0 Å². The van der Waals surface area contributed by atoms with Gasteiger partial charge in [-0.05, 0) is 43.4 Å². The number of likely N-dealkylation sites (tertiary alicyclic amines) is 1. The molecule has 1 aromatic rings. The second-order valence-electron chi connectivity index (χ2n) is 8.54. The summed E-state index contributed by atoms with van der Waals surface area (Å²) in [7, 11) is 5.29. The quantitative estimate of drug-likeness (QED) is 0.552. The van der Waals surface area contributed by atoms with Crippen LogP contribution < -0.4 is 10.6 Å². The molecule has 1 aliphatic carbocycles. The number of nitrogens with one attached hydrogen (secondary N) is 2. The summed E-state index contributed by atoms with van der Waals surface area (Å²) in [6, 6.07) is 7.99. The number of carbonyl (C=O) groups excluding carboxylic acids is 2. The lowest BCUT2D eigenvalue weighted by Crippen LogP contribution is -2.45. The number of guanidine groups is 1. The second-order valence-corrected chi connectivity index (χ2v) is 8.54. The Morgan fingerprint density at radius 3 is 2.67 bits per heavy atom. The number of rotatable bonds is 6. The molecule has 1 saturated carbocycles.